The number of aliphatic carboxylic acids is 1. The third-order valence-corrected chi connectivity index (χ3v) is 3.53. The number of rotatable bonds is 6. The predicted octanol–water partition coefficient (Wildman–Crippen LogP) is 4.14. The second-order valence-electron chi connectivity index (χ2n) is 4.87. The Morgan fingerprint density at radius 3 is 2.39 bits per heavy atom. The Kier molecular flexibility index (Phi) is 5.21. The summed E-state index contributed by atoms with van der Waals surface area (Å²) in [6.07, 6.45) is 1.23. The zero-order valence-corrected chi connectivity index (χ0v) is 13.1. The Bertz CT molecular complexity index is 747. The molecule has 1 heterocycles. The van der Waals surface area contributed by atoms with Crippen LogP contribution in [0.1, 0.15) is 19.6 Å². The van der Waals surface area contributed by atoms with Gasteiger partial charge in [-0.3, -0.25) is 4.79 Å². The highest BCUT2D eigenvalue weighted by atomic mass is 16.4. The molecule has 0 aliphatic heterocycles. The lowest BCUT2D eigenvalue weighted by Gasteiger charge is -2.20. The lowest BCUT2D eigenvalue weighted by Crippen LogP contribution is -2.21. The molecule has 0 atom stereocenters. The maximum Gasteiger partial charge on any atom is 0.333 e. The van der Waals surface area contributed by atoms with Crippen LogP contribution in [0.15, 0.2) is 46.5 Å². The van der Waals surface area contributed by atoms with Gasteiger partial charge in [0.25, 0.3) is 5.70 Å². The molecule has 0 unspecified atom stereocenters. The first-order chi connectivity index (χ1) is 11.1. The first-order valence-electron chi connectivity index (χ1n) is 7.36. The van der Waals surface area contributed by atoms with Gasteiger partial charge in [-0.25, -0.2) is 4.85 Å². The summed E-state index contributed by atoms with van der Waals surface area (Å²) in [5, 5.41) is 8.86. The molecule has 2 aromatic rings. The first-order valence-corrected chi connectivity index (χ1v) is 7.36. The van der Waals surface area contributed by atoms with Gasteiger partial charge in [0.15, 0.2) is 0 Å². The minimum absolute atomic E-state index is 0.348. The average molecular weight is 310 g/mol. The van der Waals surface area contributed by atoms with E-state index in [9.17, 15) is 4.79 Å². The minimum Gasteiger partial charge on any atom is -0.486 e. The monoisotopic (exact) mass is 310 g/mol. The summed E-state index contributed by atoms with van der Waals surface area (Å²) in [6.45, 7) is 13.0. The van der Waals surface area contributed by atoms with Crippen LogP contribution in [-0.4, -0.2) is 24.2 Å². The lowest BCUT2D eigenvalue weighted by molar-refractivity contribution is -0.132. The topological polar surface area (TPSA) is 58.0 Å². The fourth-order valence-corrected chi connectivity index (χ4v) is 2.29. The number of hydrogen-bond acceptors (Lipinski definition) is 3. The summed E-state index contributed by atoms with van der Waals surface area (Å²) in [5.41, 5.74) is 1.68. The van der Waals surface area contributed by atoms with Crippen LogP contribution < -0.4 is 4.90 Å². The molecule has 0 saturated heterocycles. The molecule has 5 nitrogen and oxygen atoms in total. The average Bonchev–Trinajstić information content (AvgIpc) is 3.03. The molecule has 0 bridgehead atoms. The first kappa shape index (κ1) is 16.4. The van der Waals surface area contributed by atoms with E-state index in [1.54, 1.807) is 12.1 Å². The standard InChI is InChI=1S/C18H18N2O3/c1-4-20(5-2)14-8-6-13(7-9-14)17-11-10-15(23-17)12-16(19-3)18(21)22/h6-12H,4-5H2,1-2H3,(H,21,22). The van der Waals surface area contributed by atoms with Crippen LogP contribution >= 0.6 is 0 Å². The SMILES string of the molecule is [C-]#[N+]C(=Cc1ccc(-c2ccc(N(CC)CC)cc2)o1)C(=O)O. The Morgan fingerprint density at radius 2 is 1.87 bits per heavy atom. The lowest BCUT2D eigenvalue weighted by atomic mass is 10.1. The van der Waals surface area contributed by atoms with Crippen LogP contribution in [0.5, 0.6) is 0 Å². The van der Waals surface area contributed by atoms with Crippen LogP contribution in [0.3, 0.4) is 0 Å². The van der Waals surface area contributed by atoms with E-state index in [1.165, 1.54) is 6.08 Å². The summed E-state index contributed by atoms with van der Waals surface area (Å²) in [7, 11) is 0. The Balaban J connectivity index is 2.24. The number of carboxylic acid groups (broad SMARTS) is 1. The highest BCUT2D eigenvalue weighted by molar-refractivity contribution is 5.93. The van der Waals surface area contributed by atoms with E-state index in [0.29, 0.717) is 11.5 Å². The molecule has 23 heavy (non-hydrogen) atoms. The molecule has 2 rings (SSSR count). The number of carboxylic acids is 1. The number of hydrogen-bond donors (Lipinski definition) is 1. The summed E-state index contributed by atoms with van der Waals surface area (Å²) >= 11 is 0. The van der Waals surface area contributed by atoms with E-state index in [-0.39, 0.29) is 5.70 Å². The van der Waals surface area contributed by atoms with E-state index in [0.717, 1.165) is 24.3 Å². The van der Waals surface area contributed by atoms with E-state index < -0.39 is 5.97 Å². The van der Waals surface area contributed by atoms with Crippen molar-refractivity contribution >= 4 is 17.7 Å². The van der Waals surface area contributed by atoms with Gasteiger partial charge < -0.3 is 14.4 Å². The Hall–Kier alpha value is -3.00. The van der Waals surface area contributed by atoms with E-state index in [2.05, 4.69) is 23.6 Å². The van der Waals surface area contributed by atoms with Crippen molar-refractivity contribution < 1.29 is 14.3 Å². The minimum atomic E-state index is -1.26. The normalized spacial score (nSPS) is 11.1. The Labute approximate surface area is 135 Å². The molecular formula is C18H18N2O3. The highest BCUT2D eigenvalue weighted by Gasteiger charge is 2.10. The second-order valence-corrected chi connectivity index (χ2v) is 4.87. The van der Waals surface area contributed by atoms with Crippen molar-refractivity contribution in [3.05, 3.63) is 59.3 Å². The molecule has 0 saturated carbocycles. The van der Waals surface area contributed by atoms with Gasteiger partial charge in [-0.15, -0.1) is 0 Å². The maximum atomic E-state index is 10.8. The molecule has 0 fully saturated rings. The maximum absolute atomic E-state index is 10.8. The Morgan fingerprint density at radius 1 is 1.22 bits per heavy atom. The molecule has 0 aliphatic rings. The van der Waals surface area contributed by atoms with Crippen molar-refractivity contribution in [2.45, 2.75) is 13.8 Å². The van der Waals surface area contributed by atoms with Crippen LogP contribution in [0.2, 0.25) is 0 Å². The van der Waals surface area contributed by atoms with Gasteiger partial charge in [-0.2, -0.15) is 0 Å². The van der Waals surface area contributed by atoms with E-state index in [4.69, 9.17) is 16.1 Å². The smallest absolute Gasteiger partial charge is 0.333 e. The van der Waals surface area contributed by atoms with Gasteiger partial charge >= 0.3 is 5.97 Å². The largest absolute Gasteiger partial charge is 0.486 e. The molecule has 0 amide bonds. The van der Waals surface area contributed by atoms with Crippen molar-refractivity contribution in [3.8, 4) is 11.3 Å². The summed E-state index contributed by atoms with van der Waals surface area (Å²) in [4.78, 5) is 16.0. The zero-order valence-electron chi connectivity index (χ0n) is 13.1. The predicted molar refractivity (Wildman–Crippen MR) is 89.9 cm³/mol. The van der Waals surface area contributed by atoms with Crippen molar-refractivity contribution in [2.24, 2.45) is 0 Å². The molecular weight excluding hydrogens is 292 g/mol. The van der Waals surface area contributed by atoms with Gasteiger partial charge in [0.05, 0.1) is 6.57 Å². The van der Waals surface area contributed by atoms with E-state index in [1.807, 2.05) is 24.3 Å². The molecule has 0 radical (unpaired) electrons. The number of benzene rings is 1. The molecule has 0 aliphatic carbocycles. The number of furan rings is 1. The van der Waals surface area contributed by atoms with Crippen molar-refractivity contribution in [3.63, 3.8) is 0 Å². The van der Waals surface area contributed by atoms with Gasteiger partial charge in [-0.1, -0.05) is 0 Å². The number of carbonyl (C=O) groups is 1. The van der Waals surface area contributed by atoms with Crippen LogP contribution in [0.4, 0.5) is 5.69 Å². The van der Waals surface area contributed by atoms with Crippen molar-refractivity contribution in [1.29, 1.82) is 0 Å². The quantitative estimate of drug-likeness (QED) is 0.643. The van der Waals surface area contributed by atoms with Gasteiger partial charge in [-0.05, 0) is 56.3 Å². The molecule has 0 spiro atoms. The summed E-state index contributed by atoms with van der Waals surface area (Å²) in [5.74, 6) is -0.278. The third kappa shape index (κ3) is 3.80. The molecule has 1 aromatic heterocycles. The molecule has 118 valence electrons. The fraction of sp³-hybridized carbons (Fsp3) is 0.222. The third-order valence-electron chi connectivity index (χ3n) is 3.53. The molecule has 5 heteroatoms. The molecule has 1 aromatic carbocycles. The highest BCUT2D eigenvalue weighted by Crippen LogP contribution is 2.26. The number of anilines is 1. The molecule has 1 N–H and O–H groups in total. The number of nitrogens with zero attached hydrogens (tertiary/aromatic N) is 2. The van der Waals surface area contributed by atoms with Crippen molar-refractivity contribution in [2.75, 3.05) is 18.0 Å². The van der Waals surface area contributed by atoms with Crippen LogP contribution in [0.25, 0.3) is 22.2 Å². The fourth-order valence-electron chi connectivity index (χ4n) is 2.29. The summed E-state index contributed by atoms with van der Waals surface area (Å²) in [6, 6.07) is 11.4. The summed E-state index contributed by atoms with van der Waals surface area (Å²) < 4.78 is 5.61. The zero-order chi connectivity index (χ0) is 16.8. The second kappa shape index (κ2) is 7.32. The van der Waals surface area contributed by atoms with E-state index >= 15 is 0 Å². The van der Waals surface area contributed by atoms with Crippen LogP contribution in [0, 0.1) is 6.57 Å². The van der Waals surface area contributed by atoms with Crippen LogP contribution in [-0.2, 0) is 4.79 Å². The van der Waals surface area contributed by atoms with Crippen molar-refractivity contribution in [1.82, 2.24) is 0 Å². The van der Waals surface area contributed by atoms with Gasteiger partial charge in [0, 0.05) is 24.3 Å². The van der Waals surface area contributed by atoms with Gasteiger partial charge in [0.2, 0.25) is 0 Å². The van der Waals surface area contributed by atoms with Gasteiger partial charge in [0.1, 0.15) is 11.5 Å².